The van der Waals surface area contributed by atoms with Gasteiger partial charge in [0.05, 0.1) is 17.5 Å². The van der Waals surface area contributed by atoms with Crippen molar-refractivity contribution in [2.45, 2.75) is 55.4 Å². The van der Waals surface area contributed by atoms with Crippen LogP contribution in [0.5, 0.6) is 5.88 Å². The molecule has 0 unspecified atom stereocenters. The number of aliphatic hydroxyl groups is 1. The van der Waals surface area contributed by atoms with Gasteiger partial charge in [0.2, 0.25) is 21.7 Å². The van der Waals surface area contributed by atoms with Gasteiger partial charge in [-0.25, -0.2) is 13.4 Å². The molecule has 2 N–H and O–H groups in total. The van der Waals surface area contributed by atoms with E-state index in [-0.39, 0.29) is 10.7 Å². The molecule has 0 radical (unpaired) electrons. The van der Waals surface area contributed by atoms with E-state index in [0.29, 0.717) is 35.1 Å². The van der Waals surface area contributed by atoms with Crippen LogP contribution in [-0.2, 0) is 16.3 Å². The molecule has 0 aliphatic heterocycles. The minimum Gasteiger partial charge on any atom is -0.493 e. The molecule has 0 spiro atoms. The molecule has 2 aromatic carbocycles. The van der Waals surface area contributed by atoms with E-state index < -0.39 is 44.8 Å². The number of rotatable bonds is 10. The van der Waals surface area contributed by atoms with Gasteiger partial charge in [-0.2, -0.15) is 9.37 Å². The molecule has 4 rings (SSSR count). The second kappa shape index (κ2) is 11.9. The smallest absolute Gasteiger partial charge is 0.296 e. The number of aryl methyl sites for hydroxylation is 1. The third kappa shape index (κ3) is 5.62. The quantitative estimate of drug-likeness (QED) is 0.218. The molecule has 0 saturated carbocycles. The Morgan fingerprint density at radius 3 is 2.36 bits per heavy atom. The fourth-order valence-electron chi connectivity index (χ4n) is 4.59. The first-order valence-electron chi connectivity index (χ1n) is 12.7. The minimum atomic E-state index is -4.52. The van der Waals surface area contributed by atoms with E-state index in [1.54, 1.807) is 43.3 Å². The Hall–Kier alpha value is -3.89. The molecule has 4 aromatic rings. The lowest BCUT2D eigenvalue weighted by Crippen LogP contribution is -2.28. The number of aliphatic hydroxyl groups excluding tert-OH is 1. The zero-order valence-corrected chi connectivity index (χ0v) is 22.5. The normalized spacial score (nSPS) is 12.4. The van der Waals surface area contributed by atoms with Crippen molar-refractivity contribution in [1.82, 2.24) is 14.5 Å². The number of halogens is 1. The van der Waals surface area contributed by atoms with Crippen LogP contribution < -0.4 is 5.56 Å². The molecular formula is C29H30FN3O5S. The molecule has 204 valence electrons. The van der Waals surface area contributed by atoms with Gasteiger partial charge < -0.3 is 10.2 Å². The average Bonchev–Trinajstić information content (AvgIpc) is 2.93. The van der Waals surface area contributed by atoms with Gasteiger partial charge in [-0.05, 0) is 48.2 Å². The molecule has 2 heterocycles. The maximum absolute atomic E-state index is 13.9. The summed E-state index contributed by atoms with van der Waals surface area (Å²) < 4.78 is 42.5. The molecule has 0 fully saturated rings. The van der Waals surface area contributed by atoms with Gasteiger partial charge in [0.1, 0.15) is 5.82 Å². The number of nitrogens with zero attached hydrogens (tertiary/aromatic N) is 3. The standard InChI is InChI=1S/C29H30FN3O5S/c1-3-4-6-11-25-32-28(35)26(29(36)33(25)24(18-34)21-9-7-5-8-10-21)39(37,38)22-14-12-20(13-15-22)23-16-17-31-27(30)19(23)2/h5,7-10,12-17,24,34,36H,3-4,6,11,18H2,1-2H3/t24-/m0/s1. The summed E-state index contributed by atoms with van der Waals surface area (Å²) in [5.41, 5.74) is 0.959. The van der Waals surface area contributed by atoms with Crippen molar-refractivity contribution >= 4 is 9.84 Å². The van der Waals surface area contributed by atoms with Gasteiger partial charge >= 0.3 is 0 Å². The lowest BCUT2D eigenvalue weighted by molar-refractivity contribution is 0.231. The first kappa shape index (κ1) is 28.1. The molecular weight excluding hydrogens is 521 g/mol. The second-order valence-electron chi connectivity index (χ2n) is 9.22. The fraction of sp³-hybridized carbons (Fsp3) is 0.276. The van der Waals surface area contributed by atoms with E-state index in [2.05, 4.69) is 9.97 Å². The number of unbranched alkanes of at least 4 members (excludes halogenated alkanes) is 2. The average molecular weight is 552 g/mol. The van der Waals surface area contributed by atoms with Gasteiger partial charge in [-0.15, -0.1) is 0 Å². The van der Waals surface area contributed by atoms with Crippen molar-refractivity contribution in [3.63, 3.8) is 0 Å². The summed E-state index contributed by atoms with van der Waals surface area (Å²) in [5.74, 6) is -1.21. The van der Waals surface area contributed by atoms with Gasteiger partial charge in [0, 0.05) is 18.2 Å². The lowest BCUT2D eigenvalue weighted by Gasteiger charge is -2.24. The summed E-state index contributed by atoms with van der Waals surface area (Å²) in [4.78, 5) is 19.7. The molecule has 0 saturated heterocycles. The van der Waals surface area contributed by atoms with Gasteiger partial charge in [0.15, 0.2) is 4.90 Å². The van der Waals surface area contributed by atoms with E-state index >= 15 is 0 Å². The van der Waals surface area contributed by atoms with Crippen LogP contribution in [0.25, 0.3) is 11.1 Å². The highest BCUT2D eigenvalue weighted by Gasteiger charge is 2.32. The van der Waals surface area contributed by atoms with E-state index in [4.69, 9.17) is 0 Å². The van der Waals surface area contributed by atoms with Crippen LogP contribution in [0.15, 0.2) is 81.4 Å². The number of sulfone groups is 1. The first-order chi connectivity index (χ1) is 18.7. The van der Waals surface area contributed by atoms with Crippen molar-refractivity contribution in [2.24, 2.45) is 0 Å². The first-order valence-corrected chi connectivity index (χ1v) is 14.2. The Bertz CT molecular complexity index is 1620. The predicted molar refractivity (Wildman–Crippen MR) is 145 cm³/mol. The lowest BCUT2D eigenvalue weighted by atomic mass is 10.0. The molecule has 0 aliphatic carbocycles. The van der Waals surface area contributed by atoms with Gasteiger partial charge in [-0.1, -0.05) is 62.2 Å². The second-order valence-corrected chi connectivity index (χ2v) is 11.1. The van der Waals surface area contributed by atoms with Crippen LogP contribution in [0.4, 0.5) is 4.39 Å². The third-order valence-electron chi connectivity index (χ3n) is 6.69. The van der Waals surface area contributed by atoms with Crippen molar-refractivity contribution in [3.8, 4) is 17.0 Å². The topological polar surface area (TPSA) is 122 Å². The van der Waals surface area contributed by atoms with Crippen LogP contribution in [0, 0.1) is 12.9 Å². The number of hydrogen-bond donors (Lipinski definition) is 2. The Kier molecular flexibility index (Phi) is 8.57. The van der Waals surface area contributed by atoms with E-state index in [0.717, 1.165) is 12.8 Å². The highest BCUT2D eigenvalue weighted by atomic mass is 32.2. The molecule has 8 nitrogen and oxygen atoms in total. The SMILES string of the molecule is CCCCCc1nc(=O)c(S(=O)(=O)c2ccc(-c3ccnc(F)c3C)cc2)c(O)n1[C@@H](CO)c1ccccc1. The summed E-state index contributed by atoms with van der Waals surface area (Å²) in [7, 11) is -4.52. The number of benzene rings is 2. The van der Waals surface area contributed by atoms with E-state index in [1.165, 1.54) is 35.0 Å². The predicted octanol–water partition coefficient (Wildman–Crippen LogP) is 4.61. The largest absolute Gasteiger partial charge is 0.493 e. The summed E-state index contributed by atoms with van der Waals surface area (Å²) in [6.07, 6.45) is 4.06. The van der Waals surface area contributed by atoms with Crippen molar-refractivity contribution < 1.29 is 23.0 Å². The number of pyridine rings is 1. The molecule has 2 aromatic heterocycles. The fourth-order valence-corrected chi connectivity index (χ4v) is 5.93. The van der Waals surface area contributed by atoms with Crippen molar-refractivity contribution in [3.05, 3.63) is 100 Å². The summed E-state index contributed by atoms with van der Waals surface area (Å²) in [6, 6.07) is 15.1. The molecule has 0 aliphatic rings. The van der Waals surface area contributed by atoms with Gasteiger partial charge in [-0.3, -0.25) is 9.36 Å². The Morgan fingerprint density at radius 1 is 1.03 bits per heavy atom. The zero-order chi connectivity index (χ0) is 28.2. The number of aromatic nitrogens is 3. The van der Waals surface area contributed by atoms with Crippen molar-refractivity contribution in [1.29, 1.82) is 0 Å². The third-order valence-corrected chi connectivity index (χ3v) is 8.48. The van der Waals surface area contributed by atoms with Crippen LogP contribution in [0.2, 0.25) is 0 Å². The molecule has 1 atom stereocenters. The van der Waals surface area contributed by atoms with E-state index in [9.17, 15) is 27.8 Å². The zero-order valence-electron chi connectivity index (χ0n) is 21.7. The molecule has 0 amide bonds. The van der Waals surface area contributed by atoms with Crippen LogP contribution in [0.3, 0.4) is 0 Å². The highest BCUT2D eigenvalue weighted by molar-refractivity contribution is 7.91. The highest BCUT2D eigenvalue weighted by Crippen LogP contribution is 2.33. The monoisotopic (exact) mass is 551 g/mol. The number of hydrogen-bond acceptors (Lipinski definition) is 7. The minimum absolute atomic E-state index is 0.193. The van der Waals surface area contributed by atoms with Crippen molar-refractivity contribution in [2.75, 3.05) is 6.61 Å². The summed E-state index contributed by atoms with van der Waals surface area (Å²) in [5, 5.41) is 21.6. The Morgan fingerprint density at radius 2 is 1.72 bits per heavy atom. The van der Waals surface area contributed by atoms with Crippen LogP contribution in [-0.4, -0.2) is 39.8 Å². The van der Waals surface area contributed by atoms with E-state index in [1.807, 2.05) is 6.92 Å². The maximum Gasteiger partial charge on any atom is 0.296 e. The summed E-state index contributed by atoms with van der Waals surface area (Å²) >= 11 is 0. The van der Waals surface area contributed by atoms with Crippen LogP contribution >= 0.6 is 0 Å². The van der Waals surface area contributed by atoms with Crippen LogP contribution in [0.1, 0.15) is 49.2 Å². The Labute approximate surface area is 226 Å². The molecule has 10 heteroatoms. The Balaban J connectivity index is 1.85. The summed E-state index contributed by atoms with van der Waals surface area (Å²) in [6.45, 7) is 3.13. The van der Waals surface area contributed by atoms with Gasteiger partial charge in [0.25, 0.3) is 5.56 Å². The maximum atomic E-state index is 13.9. The molecule has 39 heavy (non-hydrogen) atoms. The molecule has 0 bridgehead atoms. The number of aromatic hydroxyl groups is 1.